The van der Waals surface area contributed by atoms with Crippen LogP contribution in [0.5, 0.6) is 0 Å². The van der Waals surface area contributed by atoms with Gasteiger partial charge in [-0.15, -0.1) is 0 Å². The largest absolute Gasteiger partial charge is 0.364 e. The van der Waals surface area contributed by atoms with Crippen LogP contribution >= 0.6 is 15.9 Å². The highest BCUT2D eigenvalue weighted by Crippen LogP contribution is 2.47. The van der Waals surface area contributed by atoms with Gasteiger partial charge in [-0.3, -0.25) is 4.79 Å². The maximum atomic E-state index is 11.7. The predicted molar refractivity (Wildman–Crippen MR) is 46.9 cm³/mol. The van der Waals surface area contributed by atoms with Crippen molar-refractivity contribution in [1.82, 2.24) is 0 Å². The number of hydrogen-bond donors (Lipinski definition) is 0. The summed E-state index contributed by atoms with van der Waals surface area (Å²) in [4.78, 5) is 11.7. The SMILES string of the molecule is O=C1C2CCC1C1OC2C=C1Br. The number of carbonyl (C=O) groups excluding carboxylic acids is 1. The van der Waals surface area contributed by atoms with Crippen LogP contribution in [0, 0.1) is 11.8 Å². The van der Waals surface area contributed by atoms with Crippen molar-refractivity contribution >= 4 is 21.7 Å². The number of carbonyl (C=O) groups is 1. The molecule has 4 unspecified atom stereocenters. The van der Waals surface area contributed by atoms with Gasteiger partial charge in [0.2, 0.25) is 0 Å². The summed E-state index contributed by atoms with van der Waals surface area (Å²) in [5.74, 6) is 0.752. The summed E-state index contributed by atoms with van der Waals surface area (Å²) in [5.41, 5.74) is 0. The van der Waals surface area contributed by atoms with Crippen LogP contribution in [-0.2, 0) is 9.53 Å². The Morgan fingerprint density at radius 3 is 3.00 bits per heavy atom. The molecule has 2 nitrogen and oxygen atoms in total. The van der Waals surface area contributed by atoms with E-state index < -0.39 is 0 Å². The number of hydrogen-bond acceptors (Lipinski definition) is 2. The van der Waals surface area contributed by atoms with Crippen LogP contribution in [-0.4, -0.2) is 18.0 Å². The Hall–Kier alpha value is -0.150. The molecule has 0 radical (unpaired) electrons. The molecule has 0 spiro atoms. The van der Waals surface area contributed by atoms with Gasteiger partial charge in [-0.1, -0.05) is 15.9 Å². The van der Waals surface area contributed by atoms with Crippen molar-refractivity contribution in [2.75, 3.05) is 0 Å². The normalized spacial score (nSPS) is 49.8. The number of Topliss-reactive ketones (excluding diaryl/α,β-unsaturated/α-hetero) is 1. The minimum Gasteiger partial charge on any atom is -0.364 e. The van der Waals surface area contributed by atoms with E-state index in [0.717, 1.165) is 17.3 Å². The average molecular weight is 229 g/mol. The van der Waals surface area contributed by atoms with Gasteiger partial charge in [-0.2, -0.15) is 0 Å². The molecule has 1 saturated heterocycles. The number of rotatable bonds is 0. The first-order valence-electron chi connectivity index (χ1n) is 4.34. The minimum absolute atomic E-state index is 0.0567. The molecule has 3 aliphatic rings. The maximum absolute atomic E-state index is 11.7. The lowest BCUT2D eigenvalue weighted by Crippen LogP contribution is -2.37. The van der Waals surface area contributed by atoms with Gasteiger partial charge >= 0.3 is 0 Å². The van der Waals surface area contributed by atoms with Crippen molar-refractivity contribution in [3.63, 3.8) is 0 Å². The molecule has 64 valence electrons. The molecular formula is C9H9BrO2. The van der Waals surface area contributed by atoms with Gasteiger partial charge in [0.1, 0.15) is 5.78 Å². The number of ketones is 1. The highest BCUT2D eigenvalue weighted by Gasteiger charge is 2.52. The molecule has 2 aliphatic heterocycles. The Labute approximate surface area is 79.1 Å². The molecule has 4 atom stereocenters. The van der Waals surface area contributed by atoms with E-state index >= 15 is 0 Å². The molecule has 0 aromatic rings. The van der Waals surface area contributed by atoms with Crippen LogP contribution in [0.2, 0.25) is 0 Å². The molecule has 12 heavy (non-hydrogen) atoms. The van der Waals surface area contributed by atoms with Gasteiger partial charge in [-0.25, -0.2) is 0 Å². The summed E-state index contributed by atoms with van der Waals surface area (Å²) in [6.07, 6.45) is 4.25. The lowest BCUT2D eigenvalue weighted by atomic mass is 9.95. The fraction of sp³-hybridized carbons (Fsp3) is 0.667. The molecule has 2 heterocycles. The molecule has 0 amide bonds. The summed E-state index contributed by atoms with van der Waals surface area (Å²) in [6.45, 7) is 0. The highest BCUT2D eigenvalue weighted by molar-refractivity contribution is 9.11. The first-order valence-corrected chi connectivity index (χ1v) is 5.13. The first kappa shape index (κ1) is 7.27. The monoisotopic (exact) mass is 228 g/mol. The van der Waals surface area contributed by atoms with Crippen LogP contribution in [0.1, 0.15) is 12.8 Å². The summed E-state index contributed by atoms with van der Waals surface area (Å²) in [5, 5.41) is 0. The topological polar surface area (TPSA) is 26.3 Å². The molecular weight excluding hydrogens is 220 g/mol. The van der Waals surface area contributed by atoms with Gasteiger partial charge in [0.05, 0.1) is 12.2 Å². The molecule has 1 saturated carbocycles. The molecule has 0 aromatic carbocycles. The van der Waals surface area contributed by atoms with Gasteiger partial charge in [0.25, 0.3) is 0 Å². The van der Waals surface area contributed by atoms with Crippen LogP contribution < -0.4 is 0 Å². The molecule has 3 heteroatoms. The third kappa shape index (κ3) is 0.715. The zero-order chi connectivity index (χ0) is 8.29. The quantitative estimate of drug-likeness (QED) is 0.631. The van der Waals surface area contributed by atoms with E-state index in [1.807, 2.05) is 0 Å². The number of ether oxygens (including phenoxy) is 1. The summed E-state index contributed by atoms with van der Waals surface area (Å²) >= 11 is 3.46. The zero-order valence-corrected chi connectivity index (χ0v) is 8.08. The van der Waals surface area contributed by atoms with Crippen molar-refractivity contribution in [1.29, 1.82) is 0 Å². The second kappa shape index (κ2) is 2.20. The van der Waals surface area contributed by atoms with E-state index in [0.29, 0.717) is 5.78 Å². The van der Waals surface area contributed by atoms with E-state index in [2.05, 4.69) is 22.0 Å². The first-order chi connectivity index (χ1) is 5.77. The zero-order valence-electron chi connectivity index (χ0n) is 6.50. The van der Waals surface area contributed by atoms with Crippen LogP contribution in [0.4, 0.5) is 0 Å². The van der Waals surface area contributed by atoms with Crippen molar-refractivity contribution in [3.05, 3.63) is 10.6 Å². The van der Waals surface area contributed by atoms with Crippen LogP contribution in [0.3, 0.4) is 0 Å². The summed E-state index contributed by atoms with van der Waals surface area (Å²) in [7, 11) is 0. The maximum Gasteiger partial charge on any atom is 0.144 e. The second-order valence-electron chi connectivity index (χ2n) is 3.77. The molecule has 1 aliphatic carbocycles. The Balaban J connectivity index is 2.08. The van der Waals surface area contributed by atoms with E-state index in [1.165, 1.54) is 0 Å². The molecule has 4 bridgehead atoms. The Morgan fingerprint density at radius 2 is 2.17 bits per heavy atom. The Kier molecular flexibility index (Phi) is 1.34. The summed E-state index contributed by atoms with van der Waals surface area (Å²) < 4.78 is 6.80. The van der Waals surface area contributed by atoms with E-state index in [-0.39, 0.29) is 24.0 Å². The van der Waals surface area contributed by atoms with Gasteiger partial charge < -0.3 is 4.74 Å². The van der Waals surface area contributed by atoms with Crippen molar-refractivity contribution < 1.29 is 9.53 Å². The van der Waals surface area contributed by atoms with Crippen molar-refractivity contribution in [3.8, 4) is 0 Å². The fourth-order valence-corrected chi connectivity index (χ4v) is 3.26. The Morgan fingerprint density at radius 1 is 1.42 bits per heavy atom. The lowest BCUT2D eigenvalue weighted by molar-refractivity contribution is -0.138. The van der Waals surface area contributed by atoms with Gasteiger partial charge in [0.15, 0.2) is 0 Å². The van der Waals surface area contributed by atoms with Crippen molar-refractivity contribution in [2.45, 2.75) is 25.0 Å². The van der Waals surface area contributed by atoms with Crippen molar-refractivity contribution in [2.24, 2.45) is 11.8 Å². The second-order valence-corrected chi connectivity index (χ2v) is 4.68. The molecule has 2 fully saturated rings. The van der Waals surface area contributed by atoms with Crippen LogP contribution in [0.25, 0.3) is 0 Å². The molecule has 3 rings (SSSR count). The summed E-state index contributed by atoms with van der Waals surface area (Å²) in [6, 6.07) is 0. The Bertz CT molecular complexity index is 284. The van der Waals surface area contributed by atoms with E-state index in [9.17, 15) is 4.79 Å². The lowest BCUT2D eigenvalue weighted by Gasteiger charge is -2.26. The third-order valence-electron chi connectivity index (χ3n) is 3.18. The standard InChI is InChI=1S/C9H9BrO2/c10-6-3-7-4-1-2-5(8(4)11)9(6)12-7/h3-5,7,9H,1-2H2. The number of halogens is 1. The molecule has 0 N–H and O–H groups in total. The van der Waals surface area contributed by atoms with Crippen LogP contribution in [0.15, 0.2) is 10.6 Å². The average Bonchev–Trinajstić information content (AvgIpc) is 2.43. The number of fused-ring (bicyclic) bond motifs is 6. The predicted octanol–water partition coefficient (Wildman–Crippen LogP) is 1.64. The smallest absolute Gasteiger partial charge is 0.144 e. The van der Waals surface area contributed by atoms with Gasteiger partial charge in [0, 0.05) is 16.3 Å². The van der Waals surface area contributed by atoms with Gasteiger partial charge in [-0.05, 0) is 18.9 Å². The fourth-order valence-electron chi connectivity index (χ4n) is 2.57. The molecule has 0 aromatic heterocycles. The van der Waals surface area contributed by atoms with E-state index in [4.69, 9.17) is 4.74 Å². The minimum atomic E-state index is 0.0567. The third-order valence-corrected chi connectivity index (χ3v) is 3.90. The van der Waals surface area contributed by atoms with E-state index in [1.54, 1.807) is 0 Å². The highest BCUT2D eigenvalue weighted by atomic mass is 79.9.